The highest BCUT2D eigenvalue weighted by Gasteiger charge is 2.33. The number of hydrogen-bond acceptors (Lipinski definition) is 4. The molecule has 140 valence electrons. The van der Waals surface area contributed by atoms with Crippen molar-refractivity contribution in [1.29, 1.82) is 0 Å². The number of anilines is 2. The van der Waals surface area contributed by atoms with Gasteiger partial charge < -0.3 is 10.2 Å². The van der Waals surface area contributed by atoms with Crippen molar-refractivity contribution in [2.24, 2.45) is 7.05 Å². The molecule has 1 aliphatic rings. The van der Waals surface area contributed by atoms with E-state index in [0.717, 1.165) is 35.6 Å². The molecule has 0 aliphatic carbocycles. The van der Waals surface area contributed by atoms with Crippen LogP contribution in [0, 0.1) is 6.92 Å². The number of carbonyl (C=O) groups excluding carboxylic acids is 1. The van der Waals surface area contributed by atoms with Crippen molar-refractivity contribution in [3.63, 3.8) is 0 Å². The fourth-order valence-electron chi connectivity index (χ4n) is 3.65. The summed E-state index contributed by atoms with van der Waals surface area (Å²) in [5.41, 5.74) is 5.08. The van der Waals surface area contributed by atoms with E-state index in [1.165, 1.54) is 5.56 Å². The third-order valence-corrected chi connectivity index (χ3v) is 5.09. The first-order valence-corrected chi connectivity index (χ1v) is 9.28. The highest BCUT2D eigenvalue weighted by molar-refractivity contribution is 6.00. The van der Waals surface area contributed by atoms with Gasteiger partial charge in [0.25, 0.3) is 0 Å². The van der Waals surface area contributed by atoms with E-state index >= 15 is 0 Å². The number of rotatable bonds is 5. The molecular formula is C20H24N6O. The minimum absolute atomic E-state index is 0.0775. The van der Waals surface area contributed by atoms with Crippen LogP contribution in [0.15, 0.2) is 42.9 Å². The fraction of sp³-hybridized carbons (Fsp3) is 0.350. The first kappa shape index (κ1) is 17.3. The van der Waals surface area contributed by atoms with E-state index in [-0.39, 0.29) is 11.9 Å². The van der Waals surface area contributed by atoms with Gasteiger partial charge in [-0.05, 0) is 31.4 Å². The van der Waals surface area contributed by atoms with Crippen LogP contribution in [0.5, 0.6) is 0 Å². The Bertz CT molecular complexity index is 973. The number of aromatic nitrogens is 4. The average molecular weight is 364 g/mol. The monoisotopic (exact) mass is 364 g/mol. The standard InChI is InChI=1S/C20H24N6O/c1-4-18-17(12-22-26(18)19-8-6-5-7-14(19)2)23-16-9-10-25(20(16)27)15-11-21-24(3)13-15/h5-8,11-13,16,23H,4,9-10H2,1-3H3. The number of hydrogen-bond donors (Lipinski definition) is 1. The van der Waals surface area contributed by atoms with Crippen LogP contribution in [0.1, 0.15) is 24.6 Å². The van der Waals surface area contributed by atoms with E-state index in [0.29, 0.717) is 6.54 Å². The fourth-order valence-corrected chi connectivity index (χ4v) is 3.65. The summed E-state index contributed by atoms with van der Waals surface area (Å²) >= 11 is 0. The van der Waals surface area contributed by atoms with Crippen molar-refractivity contribution >= 4 is 17.3 Å². The molecule has 1 atom stereocenters. The smallest absolute Gasteiger partial charge is 0.249 e. The van der Waals surface area contributed by atoms with Gasteiger partial charge in [0.05, 0.1) is 35.1 Å². The predicted molar refractivity (Wildman–Crippen MR) is 105 cm³/mol. The molecule has 1 saturated heterocycles. The Hall–Kier alpha value is -3.09. The maximum Gasteiger partial charge on any atom is 0.249 e. The molecule has 0 radical (unpaired) electrons. The topological polar surface area (TPSA) is 68.0 Å². The van der Waals surface area contributed by atoms with Gasteiger partial charge in [0, 0.05) is 19.8 Å². The van der Waals surface area contributed by atoms with Gasteiger partial charge in [0.15, 0.2) is 0 Å². The van der Waals surface area contributed by atoms with Crippen LogP contribution < -0.4 is 10.2 Å². The lowest BCUT2D eigenvalue weighted by Crippen LogP contribution is -2.33. The molecule has 3 heterocycles. The molecule has 0 spiro atoms. The van der Waals surface area contributed by atoms with Crippen LogP contribution in [0.3, 0.4) is 0 Å². The number of benzene rings is 1. The molecule has 1 N–H and O–H groups in total. The summed E-state index contributed by atoms with van der Waals surface area (Å²) in [4.78, 5) is 14.6. The molecule has 1 aliphatic heterocycles. The summed E-state index contributed by atoms with van der Waals surface area (Å²) in [6.07, 6.45) is 7.00. The van der Waals surface area contributed by atoms with E-state index in [9.17, 15) is 4.79 Å². The van der Waals surface area contributed by atoms with Crippen molar-refractivity contribution in [2.45, 2.75) is 32.7 Å². The van der Waals surface area contributed by atoms with Gasteiger partial charge >= 0.3 is 0 Å². The predicted octanol–water partition coefficient (Wildman–Crippen LogP) is 2.69. The van der Waals surface area contributed by atoms with Gasteiger partial charge in [-0.15, -0.1) is 0 Å². The highest BCUT2D eigenvalue weighted by Crippen LogP contribution is 2.26. The Morgan fingerprint density at radius 3 is 2.74 bits per heavy atom. The largest absolute Gasteiger partial charge is 0.371 e. The normalized spacial score (nSPS) is 16.9. The van der Waals surface area contributed by atoms with Crippen LogP contribution in [-0.2, 0) is 18.3 Å². The average Bonchev–Trinajstić information content (AvgIpc) is 3.35. The second kappa shape index (κ2) is 6.90. The molecule has 0 bridgehead atoms. The minimum Gasteiger partial charge on any atom is -0.371 e. The van der Waals surface area contributed by atoms with Crippen LogP contribution in [-0.4, -0.2) is 38.1 Å². The lowest BCUT2D eigenvalue weighted by molar-refractivity contribution is -0.117. The van der Waals surface area contributed by atoms with Gasteiger partial charge in [-0.2, -0.15) is 10.2 Å². The van der Waals surface area contributed by atoms with E-state index in [1.54, 1.807) is 15.8 Å². The molecule has 1 aromatic carbocycles. The van der Waals surface area contributed by atoms with Crippen molar-refractivity contribution < 1.29 is 4.79 Å². The Morgan fingerprint density at radius 2 is 2.04 bits per heavy atom. The van der Waals surface area contributed by atoms with Crippen molar-refractivity contribution in [3.05, 3.63) is 54.1 Å². The van der Waals surface area contributed by atoms with Crippen molar-refractivity contribution in [1.82, 2.24) is 19.6 Å². The summed E-state index contributed by atoms with van der Waals surface area (Å²) < 4.78 is 3.68. The number of nitrogens with one attached hydrogen (secondary N) is 1. The van der Waals surface area contributed by atoms with Crippen LogP contribution in [0.4, 0.5) is 11.4 Å². The molecule has 27 heavy (non-hydrogen) atoms. The molecule has 4 rings (SSSR count). The summed E-state index contributed by atoms with van der Waals surface area (Å²) in [7, 11) is 1.85. The zero-order valence-electron chi connectivity index (χ0n) is 15.9. The molecule has 1 fully saturated rings. The lowest BCUT2D eigenvalue weighted by Gasteiger charge is -2.16. The van der Waals surface area contributed by atoms with Crippen molar-refractivity contribution in [2.75, 3.05) is 16.8 Å². The van der Waals surface area contributed by atoms with E-state index in [4.69, 9.17) is 0 Å². The number of amides is 1. The number of nitrogens with zero attached hydrogens (tertiary/aromatic N) is 5. The maximum absolute atomic E-state index is 12.8. The Kier molecular flexibility index (Phi) is 4.43. The second-order valence-corrected chi connectivity index (χ2v) is 6.90. The van der Waals surface area contributed by atoms with E-state index in [2.05, 4.69) is 41.5 Å². The molecule has 0 saturated carbocycles. The van der Waals surface area contributed by atoms with Gasteiger partial charge in [-0.3, -0.25) is 9.48 Å². The van der Waals surface area contributed by atoms with Gasteiger partial charge in [0.1, 0.15) is 6.04 Å². The third kappa shape index (κ3) is 3.09. The Balaban J connectivity index is 1.57. The molecule has 7 nitrogen and oxygen atoms in total. The minimum atomic E-state index is -0.245. The zero-order valence-corrected chi connectivity index (χ0v) is 15.9. The quantitative estimate of drug-likeness (QED) is 0.756. The first-order valence-electron chi connectivity index (χ1n) is 9.28. The van der Waals surface area contributed by atoms with E-state index in [1.807, 2.05) is 36.3 Å². The van der Waals surface area contributed by atoms with Gasteiger partial charge in [-0.25, -0.2) is 4.68 Å². The highest BCUT2D eigenvalue weighted by atomic mass is 16.2. The summed E-state index contributed by atoms with van der Waals surface area (Å²) in [6.45, 7) is 4.88. The molecule has 1 amide bonds. The maximum atomic E-state index is 12.8. The molecule has 3 aromatic rings. The number of carbonyl (C=O) groups is 1. The first-order chi connectivity index (χ1) is 13.1. The van der Waals surface area contributed by atoms with E-state index < -0.39 is 0 Å². The van der Waals surface area contributed by atoms with Crippen LogP contribution >= 0.6 is 0 Å². The Labute approximate surface area is 158 Å². The molecule has 1 unspecified atom stereocenters. The zero-order chi connectivity index (χ0) is 19.0. The third-order valence-electron chi connectivity index (χ3n) is 5.09. The molecular weight excluding hydrogens is 340 g/mol. The summed E-state index contributed by atoms with van der Waals surface area (Å²) in [5, 5.41) is 12.2. The van der Waals surface area contributed by atoms with Gasteiger partial charge in [0.2, 0.25) is 5.91 Å². The lowest BCUT2D eigenvalue weighted by atomic mass is 10.2. The van der Waals surface area contributed by atoms with Crippen LogP contribution in [0.25, 0.3) is 5.69 Å². The summed E-state index contributed by atoms with van der Waals surface area (Å²) in [6, 6.07) is 7.94. The number of aryl methyl sites for hydroxylation is 2. The summed E-state index contributed by atoms with van der Waals surface area (Å²) in [5.74, 6) is 0.0775. The molecule has 7 heteroatoms. The Morgan fingerprint density at radius 1 is 1.22 bits per heavy atom. The number of para-hydroxylation sites is 1. The SMILES string of the molecule is CCc1c(NC2CCN(c3cnn(C)c3)C2=O)cnn1-c1ccccc1C. The van der Waals surface area contributed by atoms with Crippen LogP contribution in [0.2, 0.25) is 0 Å². The van der Waals surface area contributed by atoms with Gasteiger partial charge in [-0.1, -0.05) is 25.1 Å². The molecule has 2 aromatic heterocycles. The van der Waals surface area contributed by atoms with Crippen molar-refractivity contribution in [3.8, 4) is 5.69 Å². The second-order valence-electron chi connectivity index (χ2n) is 6.90.